The van der Waals surface area contributed by atoms with Gasteiger partial charge in [-0.3, -0.25) is 0 Å². The minimum Gasteiger partial charge on any atom is -0.507 e. The molecule has 0 amide bonds. The Balaban J connectivity index is 3.05. The maximum Gasteiger partial charge on any atom is 0.339 e. The molecule has 0 fully saturated rings. The summed E-state index contributed by atoms with van der Waals surface area (Å²) in [7, 11) is 0. The number of carboxylic acid groups (broad SMARTS) is 2. The lowest BCUT2D eigenvalue weighted by molar-refractivity contribution is -0.153. The molecule has 0 aliphatic carbocycles. The zero-order chi connectivity index (χ0) is 13.2. The van der Waals surface area contributed by atoms with E-state index < -0.39 is 29.9 Å². The number of aromatic hydroxyl groups is 1. The summed E-state index contributed by atoms with van der Waals surface area (Å²) in [4.78, 5) is 21.0. The van der Waals surface area contributed by atoms with Crippen LogP contribution in [0.2, 0.25) is 0 Å². The molecule has 7 heteroatoms. The summed E-state index contributed by atoms with van der Waals surface area (Å²) < 4.78 is 0. The molecule has 17 heavy (non-hydrogen) atoms. The maximum atomic E-state index is 10.6. The van der Waals surface area contributed by atoms with Crippen LogP contribution >= 0.6 is 0 Å². The number of carbonyl (C=O) groups is 2. The fourth-order valence-corrected chi connectivity index (χ4v) is 1.23. The molecule has 1 rings (SSSR count). The number of hydrogen-bond acceptors (Lipinski definition) is 5. The van der Waals surface area contributed by atoms with Gasteiger partial charge < -0.3 is 25.5 Å². The van der Waals surface area contributed by atoms with Gasteiger partial charge in [0.2, 0.25) is 0 Å². The number of aliphatic hydroxyl groups is 2. The highest BCUT2D eigenvalue weighted by Gasteiger charge is 2.26. The Morgan fingerprint density at radius 1 is 1.12 bits per heavy atom. The number of benzene rings is 1. The molecule has 5 N–H and O–H groups in total. The van der Waals surface area contributed by atoms with Gasteiger partial charge in [-0.1, -0.05) is 6.07 Å². The van der Waals surface area contributed by atoms with E-state index >= 15 is 0 Å². The van der Waals surface area contributed by atoms with E-state index in [4.69, 9.17) is 15.3 Å². The second kappa shape index (κ2) is 4.81. The number of aromatic carboxylic acids is 1. The van der Waals surface area contributed by atoms with Gasteiger partial charge in [-0.15, -0.1) is 0 Å². The molecular weight excluding hydrogens is 232 g/mol. The highest BCUT2D eigenvalue weighted by atomic mass is 16.4. The number of aliphatic carboxylic acids is 1. The van der Waals surface area contributed by atoms with E-state index in [9.17, 15) is 19.8 Å². The summed E-state index contributed by atoms with van der Waals surface area (Å²) >= 11 is 0. The quantitative estimate of drug-likeness (QED) is 0.483. The van der Waals surface area contributed by atoms with Crippen LogP contribution in [0.5, 0.6) is 5.75 Å². The minimum absolute atomic E-state index is 0.0950. The van der Waals surface area contributed by atoms with Crippen molar-refractivity contribution in [2.45, 2.75) is 12.2 Å². The van der Waals surface area contributed by atoms with Gasteiger partial charge in [-0.05, 0) is 17.7 Å². The highest BCUT2D eigenvalue weighted by Crippen LogP contribution is 2.24. The fraction of sp³-hybridized carbons (Fsp3) is 0.200. The number of aliphatic hydroxyl groups excluding tert-OH is 2. The van der Waals surface area contributed by atoms with Crippen molar-refractivity contribution in [1.82, 2.24) is 0 Å². The van der Waals surface area contributed by atoms with Gasteiger partial charge in [0.25, 0.3) is 0 Å². The van der Waals surface area contributed by atoms with Crippen molar-refractivity contribution in [3.63, 3.8) is 0 Å². The van der Waals surface area contributed by atoms with Crippen molar-refractivity contribution in [3.05, 3.63) is 29.3 Å². The predicted octanol–water partition coefficient (Wildman–Crippen LogP) is -0.431. The Morgan fingerprint density at radius 2 is 1.71 bits per heavy atom. The summed E-state index contributed by atoms with van der Waals surface area (Å²) in [5.74, 6) is -3.60. The lowest BCUT2D eigenvalue weighted by atomic mass is 10.0. The fourth-order valence-electron chi connectivity index (χ4n) is 1.23. The zero-order valence-corrected chi connectivity index (χ0v) is 8.44. The second-order valence-electron chi connectivity index (χ2n) is 3.31. The first kappa shape index (κ1) is 12.9. The van der Waals surface area contributed by atoms with Crippen LogP contribution in [0.1, 0.15) is 22.0 Å². The van der Waals surface area contributed by atoms with Crippen molar-refractivity contribution in [1.29, 1.82) is 0 Å². The molecule has 7 nitrogen and oxygen atoms in total. The van der Waals surface area contributed by atoms with Crippen molar-refractivity contribution < 1.29 is 35.1 Å². The van der Waals surface area contributed by atoms with Gasteiger partial charge in [0.15, 0.2) is 6.10 Å². The number of phenols is 1. The van der Waals surface area contributed by atoms with E-state index in [1.165, 1.54) is 0 Å². The number of hydrogen-bond donors (Lipinski definition) is 5. The Labute approximate surface area is 95.2 Å². The summed E-state index contributed by atoms with van der Waals surface area (Å²) in [6, 6.07) is 3.01. The molecular formula is C10H10O7. The average Bonchev–Trinajstić information content (AvgIpc) is 2.26. The summed E-state index contributed by atoms with van der Waals surface area (Å²) in [5.41, 5.74) is -0.479. The smallest absolute Gasteiger partial charge is 0.339 e. The Bertz CT molecular complexity index is 454. The molecule has 0 heterocycles. The SMILES string of the molecule is O=C(O)c1ccc(C(O)C(O)C(=O)O)cc1O. The molecule has 0 aliphatic heterocycles. The molecule has 0 radical (unpaired) electrons. The molecule has 0 aromatic heterocycles. The van der Waals surface area contributed by atoms with Gasteiger partial charge >= 0.3 is 11.9 Å². The van der Waals surface area contributed by atoms with Gasteiger partial charge in [-0.2, -0.15) is 0 Å². The summed E-state index contributed by atoms with van der Waals surface area (Å²) in [6.07, 6.45) is -3.80. The van der Waals surface area contributed by atoms with Gasteiger partial charge in [0.1, 0.15) is 17.4 Å². The first-order valence-electron chi connectivity index (χ1n) is 4.49. The normalized spacial score (nSPS) is 14.0. The summed E-state index contributed by atoms with van der Waals surface area (Å²) in [6.45, 7) is 0. The molecule has 0 saturated heterocycles. The molecule has 1 aromatic rings. The molecule has 0 bridgehead atoms. The lowest BCUT2D eigenvalue weighted by Crippen LogP contribution is -2.27. The third-order valence-corrected chi connectivity index (χ3v) is 2.15. The lowest BCUT2D eigenvalue weighted by Gasteiger charge is -2.14. The number of carboxylic acids is 2. The van der Waals surface area contributed by atoms with Gasteiger partial charge in [0, 0.05) is 0 Å². The van der Waals surface area contributed by atoms with Crippen LogP contribution in [0.25, 0.3) is 0 Å². The first-order chi connectivity index (χ1) is 7.84. The van der Waals surface area contributed by atoms with Crippen LogP contribution in [0.15, 0.2) is 18.2 Å². The van der Waals surface area contributed by atoms with Crippen LogP contribution in [0, 0.1) is 0 Å². The Kier molecular flexibility index (Phi) is 3.66. The first-order valence-corrected chi connectivity index (χ1v) is 4.49. The summed E-state index contributed by atoms with van der Waals surface area (Å²) in [5, 5.41) is 44.9. The van der Waals surface area contributed by atoms with Crippen molar-refractivity contribution in [2.75, 3.05) is 0 Å². The Hall–Kier alpha value is -2.12. The van der Waals surface area contributed by atoms with E-state index in [0.29, 0.717) is 0 Å². The van der Waals surface area contributed by atoms with Crippen molar-refractivity contribution in [3.8, 4) is 5.75 Å². The van der Waals surface area contributed by atoms with E-state index in [2.05, 4.69) is 0 Å². The molecule has 0 saturated carbocycles. The highest BCUT2D eigenvalue weighted by molar-refractivity contribution is 5.90. The molecule has 0 aliphatic rings. The topological polar surface area (TPSA) is 135 Å². The second-order valence-corrected chi connectivity index (χ2v) is 3.31. The zero-order valence-electron chi connectivity index (χ0n) is 8.44. The maximum absolute atomic E-state index is 10.6. The monoisotopic (exact) mass is 242 g/mol. The van der Waals surface area contributed by atoms with Gasteiger partial charge in [0.05, 0.1) is 0 Å². The van der Waals surface area contributed by atoms with Crippen LogP contribution in [-0.4, -0.2) is 43.6 Å². The Morgan fingerprint density at radius 3 is 2.12 bits per heavy atom. The van der Waals surface area contributed by atoms with E-state index in [-0.39, 0.29) is 11.1 Å². The standard InChI is InChI=1S/C10H10O7/c11-6-3-4(1-2-5(6)9(14)15)7(12)8(13)10(16)17/h1-3,7-8,11-13H,(H,14,15)(H,16,17). The molecule has 92 valence electrons. The molecule has 0 spiro atoms. The van der Waals surface area contributed by atoms with E-state index in [1.54, 1.807) is 0 Å². The average molecular weight is 242 g/mol. The van der Waals surface area contributed by atoms with Crippen LogP contribution in [0.4, 0.5) is 0 Å². The van der Waals surface area contributed by atoms with Crippen LogP contribution < -0.4 is 0 Å². The predicted molar refractivity (Wildman–Crippen MR) is 53.7 cm³/mol. The number of rotatable bonds is 4. The van der Waals surface area contributed by atoms with Crippen LogP contribution in [-0.2, 0) is 4.79 Å². The van der Waals surface area contributed by atoms with E-state index in [1.807, 2.05) is 0 Å². The minimum atomic E-state index is -2.05. The molecule has 2 unspecified atom stereocenters. The third-order valence-electron chi connectivity index (χ3n) is 2.15. The molecule has 2 atom stereocenters. The third kappa shape index (κ3) is 2.71. The van der Waals surface area contributed by atoms with Crippen LogP contribution in [0.3, 0.4) is 0 Å². The largest absolute Gasteiger partial charge is 0.507 e. The van der Waals surface area contributed by atoms with Crippen molar-refractivity contribution in [2.24, 2.45) is 0 Å². The van der Waals surface area contributed by atoms with Gasteiger partial charge in [-0.25, -0.2) is 9.59 Å². The van der Waals surface area contributed by atoms with Crippen molar-refractivity contribution >= 4 is 11.9 Å². The molecule has 1 aromatic carbocycles. The van der Waals surface area contributed by atoms with E-state index in [0.717, 1.165) is 18.2 Å².